The summed E-state index contributed by atoms with van der Waals surface area (Å²) in [6, 6.07) is 14.5. The Bertz CT molecular complexity index is 819. The van der Waals surface area contributed by atoms with Crippen LogP contribution in [0, 0.1) is 0 Å². The number of ether oxygens (including phenoxy) is 2. The summed E-state index contributed by atoms with van der Waals surface area (Å²) in [6.45, 7) is 11.1. The van der Waals surface area contributed by atoms with Gasteiger partial charge in [0.05, 0.1) is 12.5 Å². The molecule has 0 bridgehead atoms. The van der Waals surface area contributed by atoms with Gasteiger partial charge in [-0.15, -0.1) is 0 Å². The molecule has 0 saturated carbocycles. The van der Waals surface area contributed by atoms with Crippen LogP contribution in [0.15, 0.2) is 74.2 Å². The van der Waals surface area contributed by atoms with Crippen LogP contribution in [0.25, 0.3) is 0 Å². The highest BCUT2D eigenvalue weighted by Gasteiger charge is 2.23. The maximum Gasteiger partial charge on any atom is 0.321 e. The molecule has 31 heavy (non-hydrogen) atoms. The van der Waals surface area contributed by atoms with Crippen LogP contribution in [-0.4, -0.2) is 25.5 Å². The average molecular weight is 425 g/mol. The van der Waals surface area contributed by atoms with E-state index in [9.17, 15) is 9.59 Å². The number of carbonyl (C=O) groups is 2. The minimum Gasteiger partial charge on any atom is -0.481 e. The fourth-order valence-electron chi connectivity index (χ4n) is 2.79. The lowest BCUT2D eigenvalue weighted by Gasteiger charge is -2.26. The van der Waals surface area contributed by atoms with Crippen molar-refractivity contribution in [3.63, 3.8) is 0 Å². The van der Waals surface area contributed by atoms with E-state index >= 15 is 0 Å². The maximum absolute atomic E-state index is 11.8. The van der Waals surface area contributed by atoms with E-state index < -0.39 is 0 Å². The van der Waals surface area contributed by atoms with Gasteiger partial charge in [0.25, 0.3) is 0 Å². The predicted octanol–water partition coefficient (Wildman–Crippen LogP) is 4.49. The molecule has 4 N–H and O–H groups in total. The van der Waals surface area contributed by atoms with Crippen molar-refractivity contribution in [2.24, 2.45) is 0 Å². The summed E-state index contributed by atoms with van der Waals surface area (Å²) in [5, 5.41) is 10.6. The second-order valence-corrected chi connectivity index (χ2v) is 7.00. The number of rotatable bonds is 10. The molecule has 0 atom stereocenters. The van der Waals surface area contributed by atoms with Crippen molar-refractivity contribution in [2.75, 3.05) is 24.1 Å². The monoisotopic (exact) mass is 424 g/mol. The zero-order valence-corrected chi connectivity index (χ0v) is 17.7. The summed E-state index contributed by atoms with van der Waals surface area (Å²) in [7, 11) is 0. The molecule has 164 valence electrons. The Morgan fingerprint density at radius 1 is 0.774 bits per heavy atom. The molecule has 0 aliphatic rings. The molecule has 8 heteroatoms. The van der Waals surface area contributed by atoms with Gasteiger partial charge in [0.1, 0.15) is 0 Å². The summed E-state index contributed by atoms with van der Waals surface area (Å²) in [5.74, 6) is 0. The van der Waals surface area contributed by atoms with Gasteiger partial charge in [0.2, 0.25) is 0 Å². The minimum atomic E-state index is -0.364. The van der Waals surface area contributed by atoms with Gasteiger partial charge in [-0.2, -0.15) is 0 Å². The Morgan fingerprint density at radius 2 is 1.13 bits per heavy atom. The molecule has 0 heterocycles. The van der Waals surface area contributed by atoms with E-state index in [2.05, 4.69) is 48.3 Å². The van der Waals surface area contributed by atoms with Crippen LogP contribution >= 0.6 is 0 Å². The lowest BCUT2D eigenvalue weighted by Crippen LogP contribution is -2.30. The first-order valence-corrected chi connectivity index (χ1v) is 9.62. The zero-order valence-electron chi connectivity index (χ0n) is 17.7. The van der Waals surface area contributed by atoms with Crippen molar-refractivity contribution >= 4 is 23.4 Å². The fraction of sp³-hybridized carbons (Fsp3) is 0.217. The van der Waals surface area contributed by atoms with E-state index in [1.54, 1.807) is 0 Å². The minimum absolute atomic E-state index is 0.0512. The first-order valence-electron chi connectivity index (χ1n) is 9.62. The SMILES string of the molecule is C=COCNC(=O)Nc1ccc(C(C)(C)c2ccc(NC(=O)NCOC=C)cc2)cc1. The quantitative estimate of drug-likeness (QED) is 0.256. The third-order valence-corrected chi connectivity index (χ3v) is 4.60. The van der Waals surface area contributed by atoms with E-state index in [0.29, 0.717) is 11.4 Å². The Labute approximate surface area is 182 Å². The Balaban J connectivity index is 1.99. The van der Waals surface area contributed by atoms with E-state index in [0.717, 1.165) is 11.1 Å². The van der Waals surface area contributed by atoms with Gasteiger partial charge in [0, 0.05) is 16.8 Å². The van der Waals surface area contributed by atoms with Crippen molar-refractivity contribution in [2.45, 2.75) is 19.3 Å². The average Bonchev–Trinajstić information content (AvgIpc) is 2.75. The molecule has 4 amide bonds. The molecule has 2 aromatic rings. The smallest absolute Gasteiger partial charge is 0.321 e. The maximum atomic E-state index is 11.8. The van der Waals surface area contributed by atoms with Crippen LogP contribution < -0.4 is 21.3 Å². The Morgan fingerprint density at radius 3 is 1.45 bits per heavy atom. The van der Waals surface area contributed by atoms with Crippen LogP contribution in [-0.2, 0) is 14.9 Å². The van der Waals surface area contributed by atoms with Gasteiger partial charge in [0.15, 0.2) is 13.5 Å². The molecule has 0 unspecified atom stereocenters. The normalized spacial score (nSPS) is 10.4. The Hall–Kier alpha value is -3.94. The molecule has 0 spiro atoms. The molecule has 2 aromatic carbocycles. The van der Waals surface area contributed by atoms with Crippen LogP contribution in [0.1, 0.15) is 25.0 Å². The molecular weight excluding hydrogens is 396 g/mol. The third kappa shape index (κ3) is 7.11. The van der Waals surface area contributed by atoms with Gasteiger partial charge < -0.3 is 30.7 Å². The third-order valence-electron chi connectivity index (χ3n) is 4.60. The standard InChI is InChI=1S/C23H28N4O4/c1-5-30-15-24-21(28)26-19-11-7-17(8-12-19)23(3,4)18-9-13-20(14-10-18)27-22(29)25-16-31-6-2/h5-14H,1-2,15-16H2,3-4H3,(H2,24,26,28)(H2,25,27,29). The van der Waals surface area contributed by atoms with Crippen molar-refractivity contribution < 1.29 is 19.1 Å². The molecular formula is C23H28N4O4. The van der Waals surface area contributed by atoms with Gasteiger partial charge in [-0.25, -0.2) is 9.59 Å². The molecule has 0 aliphatic heterocycles. The van der Waals surface area contributed by atoms with Crippen LogP contribution in [0.5, 0.6) is 0 Å². The van der Waals surface area contributed by atoms with Crippen LogP contribution in [0.4, 0.5) is 21.0 Å². The van der Waals surface area contributed by atoms with Crippen molar-refractivity contribution in [1.82, 2.24) is 10.6 Å². The fourth-order valence-corrected chi connectivity index (χ4v) is 2.79. The highest BCUT2D eigenvalue weighted by atomic mass is 16.5. The zero-order chi connectivity index (χ0) is 22.7. The number of nitrogens with one attached hydrogen (secondary N) is 4. The summed E-state index contributed by atoms with van der Waals surface area (Å²) in [4.78, 5) is 23.6. The van der Waals surface area contributed by atoms with E-state index in [1.165, 1.54) is 12.5 Å². The topological polar surface area (TPSA) is 101 Å². The van der Waals surface area contributed by atoms with Crippen molar-refractivity contribution in [3.8, 4) is 0 Å². The summed E-state index contributed by atoms with van der Waals surface area (Å²) in [6.07, 6.45) is 2.52. The van der Waals surface area contributed by atoms with Gasteiger partial charge in [-0.05, 0) is 35.4 Å². The van der Waals surface area contributed by atoms with Crippen molar-refractivity contribution in [3.05, 3.63) is 85.3 Å². The first-order chi connectivity index (χ1) is 14.9. The number of hydrogen-bond donors (Lipinski definition) is 4. The van der Waals surface area contributed by atoms with Gasteiger partial charge >= 0.3 is 12.1 Å². The molecule has 2 rings (SSSR count). The molecule has 0 radical (unpaired) electrons. The van der Waals surface area contributed by atoms with Crippen LogP contribution in [0.2, 0.25) is 0 Å². The van der Waals surface area contributed by atoms with Gasteiger partial charge in [-0.3, -0.25) is 0 Å². The first kappa shape index (κ1) is 23.3. The highest BCUT2D eigenvalue weighted by Crippen LogP contribution is 2.32. The van der Waals surface area contributed by atoms with E-state index in [-0.39, 0.29) is 30.9 Å². The molecule has 0 fully saturated rings. The number of hydrogen-bond acceptors (Lipinski definition) is 4. The van der Waals surface area contributed by atoms with E-state index in [4.69, 9.17) is 9.47 Å². The summed E-state index contributed by atoms with van der Waals surface area (Å²) < 4.78 is 9.72. The van der Waals surface area contributed by atoms with E-state index in [1.807, 2.05) is 48.5 Å². The number of urea groups is 2. The van der Waals surface area contributed by atoms with Crippen molar-refractivity contribution in [1.29, 1.82) is 0 Å². The predicted molar refractivity (Wildman–Crippen MR) is 122 cm³/mol. The molecule has 0 aliphatic carbocycles. The van der Waals surface area contributed by atoms with Gasteiger partial charge in [-0.1, -0.05) is 51.3 Å². The molecule has 0 saturated heterocycles. The second-order valence-electron chi connectivity index (χ2n) is 7.00. The Kier molecular flexibility index (Phi) is 8.51. The number of amides is 4. The summed E-state index contributed by atoms with van der Waals surface area (Å²) in [5.41, 5.74) is 3.21. The second kappa shape index (κ2) is 11.3. The number of carbonyl (C=O) groups excluding carboxylic acids is 2. The summed E-state index contributed by atoms with van der Waals surface area (Å²) >= 11 is 0. The number of anilines is 2. The lowest BCUT2D eigenvalue weighted by atomic mass is 9.78. The highest BCUT2D eigenvalue weighted by molar-refractivity contribution is 5.89. The molecule has 0 aromatic heterocycles. The van der Waals surface area contributed by atoms with Crippen LogP contribution in [0.3, 0.4) is 0 Å². The lowest BCUT2D eigenvalue weighted by molar-refractivity contribution is 0.210. The molecule has 8 nitrogen and oxygen atoms in total. The largest absolute Gasteiger partial charge is 0.481 e. The number of benzene rings is 2.